The van der Waals surface area contributed by atoms with Crippen molar-refractivity contribution in [3.8, 4) is 16.9 Å². The first-order valence-electron chi connectivity index (χ1n) is 14.1. The minimum absolute atomic E-state index is 0.512. The Morgan fingerprint density at radius 1 is 0.811 bits per heavy atom. The smallest absolute Gasteiger partial charge is 0.119 e. The lowest BCUT2D eigenvalue weighted by atomic mass is 10.0. The number of nitrogens with zero attached hydrogens (tertiary/aromatic N) is 2. The van der Waals surface area contributed by atoms with E-state index in [-0.39, 0.29) is 0 Å². The first kappa shape index (κ1) is 27.2. The molecule has 0 bridgehead atoms. The maximum Gasteiger partial charge on any atom is 0.119 e. The fraction of sp³-hybridized carbons (Fsp3) is 0.455. The fourth-order valence-electron chi connectivity index (χ4n) is 5.02. The van der Waals surface area contributed by atoms with E-state index in [2.05, 4.69) is 116 Å². The molecule has 0 fully saturated rings. The Kier molecular flexibility index (Phi) is 10.0. The van der Waals surface area contributed by atoms with E-state index in [1.807, 2.05) is 0 Å². The molecule has 198 valence electrons. The molecule has 0 aliphatic carbocycles. The van der Waals surface area contributed by atoms with Gasteiger partial charge in [0.25, 0.3) is 0 Å². The molecule has 4 nitrogen and oxygen atoms in total. The van der Waals surface area contributed by atoms with Crippen molar-refractivity contribution in [2.24, 2.45) is 11.8 Å². The first-order valence-corrected chi connectivity index (χ1v) is 14.1. The summed E-state index contributed by atoms with van der Waals surface area (Å²) in [5, 5.41) is 3.74. The maximum atomic E-state index is 6.02. The molecule has 0 saturated heterocycles. The van der Waals surface area contributed by atoms with E-state index >= 15 is 0 Å². The molecule has 37 heavy (non-hydrogen) atoms. The minimum atomic E-state index is 0.512. The first-order chi connectivity index (χ1) is 18.0. The van der Waals surface area contributed by atoms with Crippen LogP contribution in [0.25, 0.3) is 11.1 Å². The van der Waals surface area contributed by atoms with E-state index < -0.39 is 0 Å². The lowest BCUT2D eigenvalue weighted by Crippen LogP contribution is -2.34. The van der Waals surface area contributed by atoms with Crippen LogP contribution in [-0.2, 0) is 13.1 Å². The van der Waals surface area contributed by atoms with Gasteiger partial charge in [-0.2, -0.15) is 0 Å². The molecule has 4 rings (SSSR count). The topological polar surface area (TPSA) is 27.7 Å². The zero-order valence-corrected chi connectivity index (χ0v) is 23.2. The third-order valence-electron chi connectivity index (χ3n) is 6.83. The number of fused-ring (bicyclic) bond motifs is 1. The van der Waals surface area contributed by atoms with Crippen LogP contribution in [0.3, 0.4) is 0 Å². The van der Waals surface area contributed by atoms with Crippen molar-refractivity contribution >= 4 is 5.69 Å². The number of anilines is 1. The van der Waals surface area contributed by atoms with Gasteiger partial charge >= 0.3 is 0 Å². The van der Waals surface area contributed by atoms with Gasteiger partial charge < -0.3 is 15.0 Å². The summed E-state index contributed by atoms with van der Waals surface area (Å²) in [6, 6.07) is 26.4. The highest BCUT2D eigenvalue weighted by Crippen LogP contribution is 2.31. The summed E-state index contributed by atoms with van der Waals surface area (Å²) in [5.41, 5.74) is 6.61. The van der Waals surface area contributed by atoms with Gasteiger partial charge in [-0.1, -0.05) is 82.3 Å². The molecule has 0 amide bonds. The lowest BCUT2D eigenvalue weighted by Gasteiger charge is -2.30. The van der Waals surface area contributed by atoms with Gasteiger partial charge in [0.1, 0.15) is 5.75 Å². The molecule has 1 aliphatic rings. The summed E-state index contributed by atoms with van der Waals surface area (Å²) in [7, 11) is 0. The molecule has 0 saturated carbocycles. The number of rotatable bonds is 8. The Balaban J connectivity index is 1.56. The average molecular weight is 500 g/mol. The van der Waals surface area contributed by atoms with Gasteiger partial charge in [-0.05, 0) is 58.7 Å². The van der Waals surface area contributed by atoms with Crippen LogP contribution >= 0.6 is 0 Å². The molecule has 1 aliphatic heterocycles. The predicted molar refractivity (Wildman–Crippen MR) is 157 cm³/mol. The van der Waals surface area contributed by atoms with E-state index in [0.29, 0.717) is 11.8 Å². The van der Waals surface area contributed by atoms with Crippen LogP contribution < -0.4 is 15.0 Å². The van der Waals surface area contributed by atoms with Gasteiger partial charge in [-0.15, -0.1) is 0 Å². The summed E-state index contributed by atoms with van der Waals surface area (Å²) in [4.78, 5) is 5.22. The van der Waals surface area contributed by atoms with Crippen LogP contribution in [0.15, 0.2) is 72.8 Å². The summed E-state index contributed by atoms with van der Waals surface area (Å²) in [6.45, 7) is 17.0. The van der Waals surface area contributed by atoms with Gasteiger partial charge in [0.05, 0.1) is 6.61 Å². The number of ether oxygens (including phenoxy) is 1. The third kappa shape index (κ3) is 8.34. The molecule has 1 N–H and O–H groups in total. The van der Waals surface area contributed by atoms with E-state index in [0.717, 1.165) is 64.6 Å². The van der Waals surface area contributed by atoms with Crippen LogP contribution in [0, 0.1) is 11.8 Å². The van der Waals surface area contributed by atoms with E-state index in [1.165, 1.54) is 27.9 Å². The summed E-state index contributed by atoms with van der Waals surface area (Å²) in [6.07, 6.45) is 1.15. The quantitative estimate of drug-likeness (QED) is 0.367. The Hall–Kier alpha value is -2.82. The van der Waals surface area contributed by atoms with Crippen LogP contribution in [-0.4, -0.2) is 44.2 Å². The SMILES string of the molecule is CC(C)COc1cccc(-c2ccc3c(c2)N(CC(C)C)CCCN(Cc2ccccc2)CCNC3)c1. The van der Waals surface area contributed by atoms with Crippen LogP contribution in [0.4, 0.5) is 5.69 Å². The van der Waals surface area contributed by atoms with Gasteiger partial charge in [0.15, 0.2) is 0 Å². The predicted octanol–water partition coefficient (Wildman–Crippen LogP) is 6.85. The Morgan fingerprint density at radius 3 is 2.41 bits per heavy atom. The van der Waals surface area contributed by atoms with E-state index in [4.69, 9.17) is 4.74 Å². The average Bonchev–Trinajstić information content (AvgIpc) is 2.92. The van der Waals surface area contributed by atoms with Crippen LogP contribution in [0.2, 0.25) is 0 Å². The van der Waals surface area contributed by atoms with Gasteiger partial charge in [-0.25, -0.2) is 0 Å². The van der Waals surface area contributed by atoms with E-state index in [9.17, 15) is 0 Å². The molecule has 4 heteroatoms. The van der Waals surface area contributed by atoms with Gasteiger partial charge in [0.2, 0.25) is 0 Å². The highest BCUT2D eigenvalue weighted by atomic mass is 16.5. The largest absolute Gasteiger partial charge is 0.493 e. The van der Waals surface area contributed by atoms with Gasteiger partial charge in [-0.3, -0.25) is 4.90 Å². The van der Waals surface area contributed by atoms with Crippen molar-refractivity contribution in [1.82, 2.24) is 10.2 Å². The molecular formula is C33H45N3O. The third-order valence-corrected chi connectivity index (χ3v) is 6.83. The second kappa shape index (κ2) is 13.6. The zero-order chi connectivity index (χ0) is 26.0. The molecule has 0 radical (unpaired) electrons. The van der Waals surface area contributed by atoms with Gasteiger partial charge in [0, 0.05) is 51.5 Å². The molecule has 0 aromatic heterocycles. The standard InChI is InChI=1S/C33H45N3O/c1-26(2)23-36-18-9-17-35(24-28-10-6-5-7-11-28)19-16-34-22-31-15-14-30(21-33(31)36)29-12-8-13-32(20-29)37-25-27(3)4/h5-8,10-15,20-21,26-27,34H,9,16-19,22-25H2,1-4H3. The Morgan fingerprint density at radius 2 is 1.62 bits per heavy atom. The number of benzene rings is 3. The molecule has 0 spiro atoms. The summed E-state index contributed by atoms with van der Waals surface area (Å²) in [5.74, 6) is 2.06. The number of hydrogen-bond acceptors (Lipinski definition) is 4. The monoisotopic (exact) mass is 499 g/mol. The molecule has 1 heterocycles. The zero-order valence-electron chi connectivity index (χ0n) is 23.2. The second-order valence-electron chi connectivity index (χ2n) is 11.2. The fourth-order valence-corrected chi connectivity index (χ4v) is 5.02. The molecule has 0 unspecified atom stereocenters. The Bertz CT molecular complexity index is 1100. The van der Waals surface area contributed by atoms with Crippen molar-refractivity contribution in [3.05, 3.63) is 83.9 Å². The lowest BCUT2D eigenvalue weighted by molar-refractivity contribution is 0.262. The molecule has 3 aromatic carbocycles. The maximum absolute atomic E-state index is 6.02. The van der Waals surface area contributed by atoms with Crippen molar-refractivity contribution in [2.75, 3.05) is 44.2 Å². The van der Waals surface area contributed by atoms with Crippen molar-refractivity contribution in [1.29, 1.82) is 0 Å². The number of nitrogens with one attached hydrogen (secondary N) is 1. The molecule has 0 atom stereocenters. The highest BCUT2D eigenvalue weighted by Gasteiger charge is 2.17. The summed E-state index contributed by atoms with van der Waals surface area (Å²) >= 11 is 0. The van der Waals surface area contributed by atoms with Crippen molar-refractivity contribution in [2.45, 2.75) is 47.2 Å². The number of hydrogen-bond donors (Lipinski definition) is 1. The minimum Gasteiger partial charge on any atom is -0.493 e. The summed E-state index contributed by atoms with van der Waals surface area (Å²) < 4.78 is 6.02. The van der Waals surface area contributed by atoms with Crippen LogP contribution in [0.1, 0.15) is 45.2 Å². The second-order valence-corrected chi connectivity index (χ2v) is 11.2. The Labute approximate surface area is 224 Å². The normalized spacial score (nSPS) is 15.5. The molecule has 3 aromatic rings. The van der Waals surface area contributed by atoms with Crippen molar-refractivity contribution < 1.29 is 4.74 Å². The van der Waals surface area contributed by atoms with Crippen LogP contribution in [0.5, 0.6) is 5.75 Å². The molecular weight excluding hydrogens is 454 g/mol. The highest BCUT2D eigenvalue weighted by molar-refractivity contribution is 5.71. The van der Waals surface area contributed by atoms with Crippen molar-refractivity contribution in [3.63, 3.8) is 0 Å². The van der Waals surface area contributed by atoms with E-state index in [1.54, 1.807) is 0 Å².